The molecule has 0 saturated carbocycles. The smallest absolute Gasteiger partial charge is 0.264 e. The molecule has 1 fully saturated rings. The van der Waals surface area contributed by atoms with Crippen LogP contribution in [-0.2, 0) is 6.54 Å². The molecule has 3 heterocycles. The van der Waals surface area contributed by atoms with Gasteiger partial charge in [-0.05, 0) is 31.2 Å². The normalized spacial score (nSPS) is 15.3. The summed E-state index contributed by atoms with van der Waals surface area (Å²) in [6.07, 6.45) is 1.54. The first-order valence-electron chi connectivity index (χ1n) is 9.15. The van der Waals surface area contributed by atoms with Gasteiger partial charge in [0.25, 0.3) is 11.5 Å². The average molecular weight is 417 g/mol. The lowest BCUT2D eigenvalue weighted by atomic mass is 10.2. The SMILES string of the molecule is Cc1c(C(=O)N2CCN(C)CC2)sc2ncn(Cc3ccccc3Cl)c(=O)c12. The Kier molecular flexibility index (Phi) is 5.23. The van der Waals surface area contributed by atoms with Crippen molar-refractivity contribution in [2.45, 2.75) is 13.5 Å². The van der Waals surface area contributed by atoms with Gasteiger partial charge in [0.1, 0.15) is 4.83 Å². The minimum Gasteiger partial charge on any atom is -0.335 e. The Bertz CT molecular complexity index is 1100. The summed E-state index contributed by atoms with van der Waals surface area (Å²) in [6, 6.07) is 7.44. The van der Waals surface area contributed by atoms with Gasteiger partial charge in [0.2, 0.25) is 0 Å². The summed E-state index contributed by atoms with van der Waals surface area (Å²) in [5.74, 6) is -0.00865. The Morgan fingerprint density at radius 1 is 1.21 bits per heavy atom. The molecular formula is C20H21ClN4O2S. The first-order chi connectivity index (χ1) is 13.5. The van der Waals surface area contributed by atoms with Crippen LogP contribution in [0.15, 0.2) is 35.4 Å². The van der Waals surface area contributed by atoms with Gasteiger partial charge in [0, 0.05) is 31.2 Å². The molecule has 4 rings (SSSR count). The summed E-state index contributed by atoms with van der Waals surface area (Å²) in [6.45, 7) is 5.31. The lowest BCUT2D eigenvalue weighted by molar-refractivity contribution is 0.0668. The molecule has 0 radical (unpaired) electrons. The van der Waals surface area contributed by atoms with Crippen molar-refractivity contribution >= 4 is 39.1 Å². The average Bonchev–Trinajstić information content (AvgIpc) is 3.03. The summed E-state index contributed by atoms with van der Waals surface area (Å²) in [5, 5.41) is 1.14. The predicted octanol–water partition coefficient (Wildman–Crippen LogP) is 2.86. The van der Waals surface area contributed by atoms with E-state index in [1.165, 1.54) is 17.7 Å². The Morgan fingerprint density at radius 3 is 2.64 bits per heavy atom. The van der Waals surface area contributed by atoms with Gasteiger partial charge in [-0.25, -0.2) is 4.98 Å². The molecule has 0 bridgehead atoms. The Morgan fingerprint density at radius 2 is 1.93 bits per heavy atom. The number of benzene rings is 1. The summed E-state index contributed by atoms with van der Waals surface area (Å²) in [7, 11) is 2.05. The maximum Gasteiger partial charge on any atom is 0.264 e. The molecule has 28 heavy (non-hydrogen) atoms. The second-order valence-electron chi connectivity index (χ2n) is 7.10. The molecule has 0 atom stereocenters. The second-order valence-corrected chi connectivity index (χ2v) is 8.51. The van der Waals surface area contributed by atoms with E-state index in [9.17, 15) is 9.59 Å². The number of amides is 1. The summed E-state index contributed by atoms with van der Waals surface area (Å²) in [5.41, 5.74) is 1.43. The third kappa shape index (κ3) is 3.45. The van der Waals surface area contributed by atoms with E-state index in [2.05, 4.69) is 16.9 Å². The highest BCUT2D eigenvalue weighted by atomic mass is 35.5. The second kappa shape index (κ2) is 7.66. The van der Waals surface area contributed by atoms with Crippen molar-refractivity contribution < 1.29 is 4.79 Å². The van der Waals surface area contributed by atoms with Crippen LogP contribution in [0.5, 0.6) is 0 Å². The van der Waals surface area contributed by atoms with Gasteiger partial charge in [-0.2, -0.15) is 0 Å². The number of nitrogens with zero attached hydrogens (tertiary/aromatic N) is 4. The minimum atomic E-state index is -0.143. The van der Waals surface area contributed by atoms with Crippen molar-refractivity contribution in [2.75, 3.05) is 33.2 Å². The van der Waals surface area contributed by atoms with E-state index < -0.39 is 0 Å². The summed E-state index contributed by atoms with van der Waals surface area (Å²) >= 11 is 7.53. The number of carbonyl (C=O) groups excluding carboxylic acids is 1. The van der Waals surface area contributed by atoms with Gasteiger partial charge < -0.3 is 9.80 Å². The highest BCUT2D eigenvalue weighted by Gasteiger charge is 2.25. The fourth-order valence-electron chi connectivity index (χ4n) is 3.44. The van der Waals surface area contributed by atoms with E-state index in [1.54, 1.807) is 10.6 Å². The fraction of sp³-hybridized carbons (Fsp3) is 0.350. The molecule has 3 aromatic rings. The van der Waals surface area contributed by atoms with Crippen molar-refractivity contribution in [3.63, 3.8) is 0 Å². The number of hydrogen-bond acceptors (Lipinski definition) is 5. The van der Waals surface area contributed by atoms with Crippen LogP contribution >= 0.6 is 22.9 Å². The zero-order valence-electron chi connectivity index (χ0n) is 15.8. The molecule has 8 heteroatoms. The topological polar surface area (TPSA) is 58.4 Å². The molecule has 1 aromatic carbocycles. The number of thiophene rings is 1. The van der Waals surface area contributed by atoms with E-state index in [4.69, 9.17) is 11.6 Å². The van der Waals surface area contributed by atoms with E-state index in [-0.39, 0.29) is 11.5 Å². The van der Waals surface area contributed by atoms with E-state index in [0.717, 1.165) is 24.2 Å². The zero-order valence-corrected chi connectivity index (χ0v) is 17.4. The maximum absolute atomic E-state index is 13.1. The standard InChI is InChI=1S/C20H21ClN4O2S/c1-13-16-18(28-17(13)20(27)24-9-7-23(2)8-10-24)22-12-25(19(16)26)11-14-5-3-4-6-15(14)21/h3-6,12H,7-11H2,1-2H3. The van der Waals surface area contributed by atoms with Crippen LogP contribution in [0.2, 0.25) is 5.02 Å². The molecule has 6 nitrogen and oxygen atoms in total. The minimum absolute atomic E-state index is 0.00865. The summed E-state index contributed by atoms with van der Waals surface area (Å²) < 4.78 is 1.55. The largest absolute Gasteiger partial charge is 0.335 e. The van der Waals surface area contributed by atoms with Crippen LogP contribution in [0.3, 0.4) is 0 Å². The Hall–Kier alpha value is -2.22. The van der Waals surface area contributed by atoms with Gasteiger partial charge in [-0.1, -0.05) is 29.8 Å². The van der Waals surface area contributed by atoms with Crippen LogP contribution in [0.4, 0.5) is 0 Å². The highest BCUT2D eigenvalue weighted by Crippen LogP contribution is 2.28. The molecule has 0 N–H and O–H groups in total. The molecule has 1 aliphatic heterocycles. The van der Waals surface area contributed by atoms with E-state index in [0.29, 0.717) is 39.8 Å². The maximum atomic E-state index is 13.1. The van der Waals surface area contributed by atoms with Crippen molar-refractivity contribution in [3.8, 4) is 0 Å². The van der Waals surface area contributed by atoms with Crippen LogP contribution in [-0.4, -0.2) is 58.5 Å². The lowest BCUT2D eigenvalue weighted by Crippen LogP contribution is -2.47. The summed E-state index contributed by atoms with van der Waals surface area (Å²) in [4.78, 5) is 35.8. The molecule has 1 saturated heterocycles. The van der Waals surface area contributed by atoms with Crippen molar-refractivity contribution in [1.29, 1.82) is 0 Å². The number of likely N-dealkylation sites (N-methyl/N-ethyl adjacent to an activating group) is 1. The third-order valence-electron chi connectivity index (χ3n) is 5.20. The quantitative estimate of drug-likeness (QED) is 0.658. The Labute approximate surface area is 172 Å². The molecule has 1 amide bonds. The van der Waals surface area contributed by atoms with Crippen molar-refractivity contribution in [2.24, 2.45) is 0 Å². The Balaban J connectivity index is 1.69. The first-order valence-corrected chi connectivity index (χ1v) is 10.3. The monoisotopic (exact) mass is 416 g/mol. The molecule has 0 unspecified atom stereocenters. The number of carbonyl (C=O) groups is 1. The molecule has 0 aliphatic carbocycles. The molecule has 1 aliphatic rings. The number of aryl methyl sites for hydroxylation is 1. The van der Waals surface area contributed by atoms with Gasteiger partial charge in [-0.15, -0.1) is 11.3 Å². The number of aromatic nitrogens is 2. The fourth-order valence-corrected chi connectivity index (χ4v) is 4.74. The van der Waals surface area contributed by atoms with E-state index in [1.807, 2.05) is 30.0 Å². The van der Waals surface area contributed by atoms with E-state index >= 15 is 0 Å². The van der Waals surface area contributed by atoms with Gasteiger partial charge in [-0.3, -0.25) is 14.2 Å². The van der Waals surface area contributed by atoms with Crippen molar-refractivity contribution in [1.82, 2.24) is 19.4 Å². The van der Waals surface area contributed by atoms with Gasteiger partial charge in [0.15, 0.2) is 0 Å². The highest BCUT2D eigenvalue weighted by molar-refractivity contribution is 7.20. The van der Waals surface area contributed by atoms with Crippen LogP contribution in [0, 0.1) is 6.92 Å². The predicted molar refractivity (Wildman–Crippen MR) is 113 cm³/mol. The van der Waals surface area contributed by atoms with Crippen molar-refractivity contribution in [3.05, 3.63) is 62.0 Å². The number of fused-ring (bicyclic) bond motifs is 1. The number of hydrogen-bond donors (Lipinski definition) is 0. The van der Waals surface area contributed by atoms with Gasteiger partial charge in [0.05, 0.1) is 23.1 Å². The lowest BCUT2D eigenvalue weighted by Gasteiger charge is -2.32. The molecule has 2 aromatic heterocycles. The molecule has 146 valence electrons. The third-order valence-corrected chi connectivity index (χ3v) is 6.76. The number of halogens is 1. The van der Waals surface area contributed by atoms with Crippen LogP contribution in [0.1, 0.15) is 20.8 Å². The number of rotatable bonds is 3. The first kappa shape index (κ1) is 19.1. The zero-order chi connectivity index (χ0) is 19.8. The van der Waals surface area contributed by atoms with Crippen LogP contribution in [0.25, 0.3) is 10.2 Å². The van der Waals surface area contributed by atoms with Crippen LogP contribution < -0.4 is 5.56 Å². The molecular weight excluding hydrogens is 396 g/mol. The van der Waals surface area contributed by atoms with Gasteiger partial charge >= 0.3 is 0 Å². The number of piperazine rings is 1. The molecule has 0 spiro atoms.